The number of rotatable bonds is 7. The van der Waals surface area contributed by atoms with E-state index < -0.39 is 12.1 Å². The second kappa shape index (κ2) is 11.6. The molecule has 3 rings (SSSR count). The van der Waals surface area contributed by atoms with Crippen molar-refractivity contribution in [3.63, 3.8) is 0 Å². The minimum absolute atomic E-state index is 0. The third-order valence-corrected chi connectivity index (χ3v) is 4.75. The first-order valence-corrected chi connectivity index (χ1v) is 8.92. The lowest BCUT2D eigenvalue weighted by Crippen LogP contribution is -2.46. The Morgan fingerprint density at radius 3 is 2.36 bits per heavy atom. The number of hydrogen-bond acceptors (Lipinski definition) is 5. The Morgan fingerprint density at radius 1 is 1.18 bits per heavy atom. The highest BCUT2D eigenvalue weighted by molar-refractivity contribution is 5.94. The van der Waals surface area contributed by atoms with Crippen molar-refractivity contribution in [1.29, 1.82) is 0 Å². The number of amides is 1. The molecule has 1 saturated heterocycles. The van der Waals surface area contributed by atoms with E-state index in [1.54, 1.807) is 55.9 Å². The molecule has 0 aliphatic carbocycles. The van der Waals surface area contributed by atoms with Crippen molar-refractivity contribution in [1.82, 2.24) is 15.2 Å². The molecule has 28 heavy (non-hydrogen) atoms. The normalized spacial score (nSPS) is 15.6. The maximum absolute atomic E-state index is 12.7. The van der Waals surface area contributed by atoms with Crippen LogP contribution in [0.3, 0.4) is 0 Å². The zero-order valence-corrected chi connectivity index (χ0v) is 16.2. The Balaban J connectivity index is 0.00000196. The summed E-state index contributed by atoms with van der Waals surface area (Å²) in [6, 6.07) is 10.1. The van der Waals surface area contributed by atoms with E-state index in [9.17, 15) is 9.90 Å². The summed E-state index contributed by atoms with van der Waals surface area (Å²) in [7, 11) is 1.59. The lowest BCUT2D eigenvalue weighted by atomic mass is 10.0. The molecule has 2 heterocycles. The van der Waals surface area contributed by atoms with E-state index in [2.05, 4.69) is 15.2 Å². The van der Waals surface area contributed by atoms with Crippen molar-refractivity contribution in [2.45, 2.75) is 32.4 Å². The summed E-state index contributed by atoms with van der Waals surface area (Å²) in [6.45, 7) is 2.61. The molecule has 1 fully saturated rings. The summed E-state index contributed by atoms with van der Waals surface area (Å²) in [5, 5.41) is 13.8. The van der Waals surface area contributed by atoms with Crippen LogP contribution in [-0.2, 0) is 0 Å². The number of ether oxygens (including phenoxy) is 1. The summed E-state index contributed by atoms with van der Waals surface area (Å²) in [5.41, 5.74) is 1.29. The highest BCUT2D eigenvalue weighted by Gasteiger charge is 2.27. The van der Waals surface area contributed by atoms with Crippen LogP contribution >= 0.6 is 12.4 Å². The molecule has 1 aliphatic rings. The average Bonchev–Trinajstić information content (AvgIpc) is 3.20. The van der Waals surface area contributed by atoms with E-state index in [4.69, 9.17) is 4.74 Å². The molecule has 1 aromatic heterocycles. The number of aliphatic hydroxyl groups excluding tert-OH is 1. The van der Waals surface area contributed by atoms with Gasteiger partial charge < -0.3 is 20.1 Å². The van der Waals surface area contributed by atoms with Gasteiger partial charge in [0.05, 0.1) is 13.2 Å². The molecule has 0 unspecified atom stereocenters. The number of nitrogens with one attached hydrogen (secondary N) is 1. The van der Waals surface area contributed by atoms with Crippen molar-refractivity contribution in [3.8, 4) is 5.75 Å². The number of carbonyl (C=O) groups is 1. The smallest absolute Gasteiger partial charge is 0.251 e. The van der Waals surface area contributed by atoms with Crippen molar-refractivity contribution >= 4 is 18.3 Å². The first kappa shape index (κ1) is 23.9. The molecular formula is C21H30ClN3O3. The molecule has 2 aromatic rings. The summed E-state index contributed by atoms with van der Waals surface area (Å²) in [5.74, 6) is 0.497. The van der Waals surface area contributed by atoms with Crippen LogP contribution in [0.2, 0.25) is 0 Å². The van der Waals surface area contributed by atoms with Gasteiger partial charge in [-0.3, -0.25) is 9.78 Å². The number of likely N-dealkylation sites (tertiary alicyclic amines) is 1. The standard InChI is InChI=1S/C20H25N3O3.CH4.ClH/c1-26-17-6-4-16(5-7-17)20(25)22-18(14-23-12-2-3-13-23)19(24)15-8-10-21-11-9-15;;/h4-11,18-19,24H,2-3,12-14H2,1H3,(H,22,25);1H4;1H/t18-,19-;;/m0../s1. The number of pyridine rings is 1. The molecule has 0 radical (unpaired) electrons. The van der Waals surface area contributed by atoms with Crippen molar-refractivity contribution in [3.05, 3.63) is 59.9 Å². The fourth-order valence-electron chi connectivity index (χ4n) is 3.25. The van der Waals surface area contributed by atoms with Crippen molar-refractivity contribution < 1.29 is 14.6 Å². The van der Waals surface area contributed by atoms with Gasteiger partial charge in [0.1, 0.15) is 11.9 Å². The Labute approximate surface area is 173 Å². The Bertz CT molecular complexity index is 707. The van der Waals surface area contributed by atoms with Gasteiger partial charge in [-0.2, -0.15) is 0 Å². The second-order valence-electron chi connectivity index (χ2n) is 6.54. The second-order valence-corrected chi connectivity index (χ2v) is 6.54. The fraction of sp³-hybridized carbons (Fsp3) is 0.429. The molecule has 154 valence electrons. The summed E-state index contributed by atoms with van der Waals surface area (Å²) in [4.78, 5) is 18.9. The number of nitrogens with zero attached hydrogens (tertiary/aromatic N) is 2. The van der Waals surface area contributed by atoms with Crippen LogP contribution < -0.4 is 10.1 Å². The molecular weight excluding hydrogens is 378 g/mol. The molecule has 7 heteroatoms. The Hall–Kier alpha value is -2.15. The minimum atomic E-state index is -0.791. The van der Waals surface area contributed by atoms with Gasteiger partial charge >= 0.3 is 0 Å². The van der Waals surface area contributed by atoms with E-state index in [1.165, 1.54) is 0 Å². The topological polar surface area (TPSA) is 74.7 Å². The highest BCUT2D eigenvalue weighted by atomic mass is 35.5. The number of aromatic nitrogens is 1. The van der Waals surface area contributed by atoms with Gasteiger partial charge in [0.25, 0.3) is 5.91 Å². The monoisotopic (exact) mass is 407 g/mol. The first-order chi connectivity index (χ1) is 12.7. The summed E-state index contributed by atoms with van der Waals surface area (Å²) in [6.07, 6.45) is 4.82. The number of halogens is 1. The largest absolute Gasteiger partial charge is 0.497 e. The van der Waals surface area contributed by atoms with Gasteiger partial charge in [0.15, 0.2) is 0 Å². The van der Waals surface area contributed by atoms with Gasteiger partial charge in [0.2, 0.25) is 0 Å². The molecule has 0 spiro atoms. The molecule has 0 saturated carbocycles. The van der Waals surface area contributed by atoms with Crippen molar-refractivity contribution in [2.24, 2.45) is 0 Å². The van der Waals surface area contributed by atoms with Gasteiger partial charge in [-0.1, -0.05) is 7.43 Å². The van der Waals surface area contributed by atoms with Gasteiger partial charge in [-0.05, 0) is 67.9 Å². The average molecular weight is 408 g/mol. The lowest BCUT2D eigenvalue weighted by Gasteiger charge is -2.28. The van der Waals surface area contributed by atoms with Crippen LogP contribution in [0, 0.1) is 0 Å². The predicted octanol–water partition coefficient (Wildman–Crippen LogP) is 3.08. The third-order valence-electron chi connectivity index (χ3n) is 4.75. The predicted molar refractivity (Wildman–Crippen MR) is 113 cm³/mol. The van der Waals surface area contributed by atoms with Gasteiger partial charge in [0, 0.05) is 24.5 Å². The highest BCUT2D eigenvalue weighted by Crippen LogP contribution is 2.20. The maximum Gasteiger partial charge on any atom is 0.251 e. The molecule has 2 atom stereocenters. The fourth-order valence-corrected chi connectivity index (χ4v) is 3.25. The van der Waals surface area contributed by atoms with Crippen LogP contribution in [0.1, 0.15) is 42.3 Å². The molecule has 1 aliphatic heterocycles. The number of hydrogen-bond donors (Lipinski definition) is 2. The van der Waals surface area contributed by atoms with E-state index in [1.807, 2.05) is 0 Å². The maximum atomic E-state index is 12.7. The minimum Gasteiger partial charge on any atom is -0.497 e. The first-order valence-electron chi connectivity index (χ1n) is 8.92. The zero-order chi connectivity index (χ0) is 18.4. The molecule has 1 aromatic carbocycles. The lowest BCUT2D eigenvalue weighted by molar-refractivity contribution is 0.0773. The number of methoxy groups -OCH3 is 1. The van der Waals surface area contributed by atoms with E-state index in [0.29, 0.717) is 17.9 Å². The SMILES string of the molecule is C.COc1ccc(C(=O)N[C@@H](CN2CCCC2)[C@@H](O)c2ccncc2)cc1.Cl. The van der Waals surface area contributed by atoms with Crippen molar-refractivity contribution in [2.75, 3.05) is 26.7 Å². The molecule has 6 nitrogen and oxygen atoms in total. The van der Waals surface area contributed by atoms with Gasteiger partial charge in [-0.15, -0.1) is 12.4 Å². The third kappa shape index (κ3) is 6.19. The van der Waals surface area contributed by atoms with E-state index in [0.717, 1.165) is 31.5 Å². The number of aliphatic hydroxyl groups is 1. The van der Waals surface area contributed by atoms with Crippen LogP contribution in [0.4, 0.5) is 0 Å². The number of carbonyl (C=O) groups excluding carboxylic acids is 1. The Kier molecular flexibility index (Phi) is 9.93. The molecule has 1 amide bonds. The summed E-state index contributed by atoms with van der Waals surface area (Å²) >= 11 is 0. The van der Waals surface area contributed by atoms with Gasteiger partial charge in [-0.25, -0.2) is 0 Å². The van der Waals surface area contributed by atoms with Crippen LogP contribution in [-0.4, -0.2) is 53.7 Å². The molecule has 2 N–H and O–H groups in total. The summed E-state index contributed by atoms with van der Waals surface area (Å²) < 4.78 is 5.13. The van der Waals surface area contributed by atoms with Crippen LogP contribution in [0.25, 0.3) is 0 Å². The molecule has 0 bridgehead atoms. The van der Waals surface area contributed by atoms with E-state index >= 15 is 0 Å². The zero-order valence-electron chi connectivity index (χ0n) is 15.4. The number of benzene rings is 1. The van der Waals surface area contributed by atoms with E-state index in [-0.39, 0.29) is 25.7 Å². The Morgan fingerprint density at radius 2 is 1.79 bits per heavy atom. The van der Waals surface area contributed by atoms with Crippen LogP contribution in [0.15, 0.2) is 48.8 Å². The van der Waals surface area contributed by atoms with Crippen LogP contribution in [0.5, 0.6) is 5.75 Å². The quantitative estimate of drug-likeness (QED) is 0.737.